The summed E-state index contributed by atoms with van der Waals surface area (Å²) in [4.78, 5) is 41.6. The van der Waals surface area contributed by atoms with Crippen LogP contribution in [-0.2, 0) is 0 Å². The number of pyridine rings is 2. The molecule has 11 nitrogen and oxygen atoms in total. The Morgan fingerprint density at radius 3 is 2.00 bits per heavy atom. The molecule has 0 saturated heterocycles. The standard InChI is InChI=1S/C24H18N6O5/c31-21-10-9-16-14(12-25-29-19-7-3-1-5-17(19)23(32)33)11-15(27-22(16)28-21)13-26-30-20-8-4-2-6-18(20)24(34)35/h1-13,29-30H,(H,32,33)(H,34,35)(H,27,28,31)/b25-12-,26-13+. The summed E-state index contributed by atoms with van der Waals surface area (Å²) in [7, 11) is 0. The van der Waals surface area contributed by atoms with Crippen molar-refractivity contribution >= 4 is 46.8 Å². The fraction of sp³-hybridized carbons (Fsp3) is 0. The fourth-order valence-corrected chi connectivity index (χ4v) is 3.23. The molecule has 0 aliphatic rings. The molecule has 35 heavy (non-hydrogen) atoms. The van der Waals surface area contributed by atoms with Crippen LogP contribution in [0, 0.1) is 0 Å². The van der Waals surface area contributed by atoms with Crippen LogP contribution in [0.5, 0.6) is 0 Å². The number of hydrazone groups is 2. The van der Waals surface area contributed by atoms with Gasteiger partial charge in [0.25, 0.3) is 0 Å². The summed E-state index contributed by atoms with van der Waals surface area (Å²) in [5.74, 6) is -2.19. The molecule has 0 atom stereocenters. The third kappa shape index (κ3) is 5.37. The molecule has 2 aromatic heterocycles. The SMILES string of the molecule is O=C(O)c1ccccc1N/N=C\c1cc(/C=N/Nc2ccccc2C(=O)O)nc2[nH]c(=O)ccc12. The van der Waals surface area contributed by atoms with Gasteiger partial charge in [-0.1, -0.05) is 24.3 Å². The number of nitrogens with one attached hydrogen (secondary N) is 3. The highest BCUT2D eigenvalue weighted by Gasteiger charge is 2.09. The van der Waals surface area contributed by atoms with Gasteiger partial charge in [0.15, 0.2) is 0 Å². The Kier molecular flexibility index (Phi) is 6.59. The van der Waals surface area contributed by atoms with Crippen LogP contribution in [0.4, 0.5) is 11.4 Å². The lowest BCUT2D eigenvalue weighted by atomic mass is 10.1. The van der Waals surface area contributed by atoms with Gasteiger partial charge in [0.2, 0.25) is 5.56 Å². The number of H-pyrrole nitrogens is 1. The number of nitrogens with zero attached hydrogens (tertiary/aromatic N) is 3. The molecular weight excluding hydrogens is 452 g/mol. The largest absolute Gasteiger partial charge is 0.478 e. The molecule has 0 amide bonds. The molecule has 0 saturated carbocycles. The van der Waals surface area contributed by atoms with E-state index >= 15 is 0 Å². The zero-order valence-electron chi connectivity index (χ0n) is 18.0. The molecule has 2 aromatic carbocycles. The van der Waals surface area contributed by atoms with E-state index in [0.29, 0.717) is 33.7 Å². The second-order valence-corrected chi connectivity index (χ2v) is 7.16. The van der Waals surface area contributed by atoms with Crippen LogP contribution in [-0.4, -0.2) is 44.5 Å². The first-order valence-electron chi connectivity index (χ1n) is 10.2. The average molecular weight is 470 g/mol. The predicted octanol–water partition coefficient (Wildman–Crippen LogP) is 3.21. The fourth-order valence-electron chi connectivity index (χ4n) is 3.23. The van der Waals surface area contributed by atoms with Gasteiger partial charge < -0.3 is 15.2 Å². The molecule has 0 radical (unpaired) electrons. The molecule has 2 heterocycles. The molecule has 0 unspecified atom stereocenters. The van der Waals surface area contributed by atoms with Gasteiger partial charge in [-0.3, -0.25) is 15.6 Å². The summed E-state index contributed by atoms with van der Waals surface area (Å²) in [6, 6.07) is 17.2. The van der Waals surface area contributed by atoms with Crippen molar-refractivity contribution in [2.75, 3.05) is 10.9 Å². The molecule has 0 bridgehead atoms. The number of fused-ring (bicyclic) bond motifs is 1. The number of para-hydroxylation sites is 2. The van der Waals surface area contributed by atoms with Crippen LogP contribution >= 0.6 is 0 Å². The summed E-state index contributed by atoms with van der Waals surface area (Å²) in [6.07, 6.45) is 2.83. The number of benzene rings is 2. The first kappa shape index (κ1) is 22.9. The molecule has 5 N–H and O–H groups in total. The average Bonchev–Trinajstić information content (AvgIpc) is 2.84. The monoisotopic (exact) mass is 470 g/mol. The highest BCUT2D eigenvalue weighted by Crippen LogP contribution is 2.17. The maximum absolute atomic E-state index is 11.8. The molecule has 0 aliphatic carbocycles. The maximum Gasteiger partial charge on any atom is 0.337 e. The lowest BCUT2D eigenvalue weighted by Gasteiger charge is -2.06. The Bertz CT molecular complexity index is 1540. The second kappa shape index (κ2) is 10.1. The van der Waals surface area contributed by atoms with Crippen LogP contribution in [0.15, 0.2) is 81.7 Å². The summed E-state index contributed by atoms with van der Waals surface area (Å²) < 4.78 is 0. The van der Waals surface area contributed by atoms with Crippen LogP contribution in [0.3, 0.4) is 0 Å². The molecule has 0 aliphatic heterocycles. The normalized spacial score (nSPS) is 11.2. The van der Waals surface area contributed by atoms with Crippen molar-refractivity contribution in [1.29, 1.82) is 0 Å². The Morgan fingerprint density at radius 1 is 0.829 bits per heavy atom. The van der Waals surface area contributed by atoms with Crippen LogP contribution in [0.1, 0.15) is 32.0 Å². The van der Waals surface area contributed by atoms with E-state index in [2.05, 4.69) is 31.0 Å². The first-order chi connectivity index (χ1) is 16.9. The number of carboxylic acids is 2. The van der Waals surface area contributed by atoms with E-state index in [1.54, 1.807) is 48.5 Å². The van der Waals surface area contributed by atoms with E-state index in [1.165, 1.54) is 30.6 Å². The van der Waals surface area contributed by atoms with Gasteiger partial charge in [0.1, 0.15) is 5.65 Å². The summed E-state index contributed by atoms with van der Waals surface area (Å²) >= 11 is 0. The number of aromatic carboxylic acids is 2. The Balaban J connectivity index is 1.64. The number of hydrogen-bond acceptors (Lipinski definition) is 8. The van der Waals surface area contributed by atoms with Crippen molar-refractivity contribution in [3.05, 3.63) is 99.5 Å². The summed E-state index contributed by atoms with van der Waals surface area (Å²) in [6.45, 7) is 0. The van der Waals surface area contributed by atoms with Crippen LogP contribution in [0.2, 0.25) is 0 Å². The van der Waals surface area contributed by atoms with E-state index in [4.69, 9.17) is 0 Å². The number of carboxylic acid groups (broad SMARTS) is 2. The molecule has 0 spiro atoms. The van der Waals surface area contributed by atoms with Crippen molar-refractivity contribution < 1.29 is 19.8 Å². The van der Waals surface area contributed by atoms with Gasteiger partial charge in [0.05, 0.1) is 40.6 Å². The molecule has 4 aromatic rings. The van der Waals surface area contributed by atoms with Crippen molar-refractivity contribution in [2.45, 2.75) is 0 Å². The maximum atomic E-state index is 11.8. The second-order valence-electron chi connectivity index (χ2n) is 7.16. The van der Waals surface area contributed by atoms with Gasteiger partial charge in [-0.15, -0.1) is 0 Å². The Labute approximate surface area is 197 Å². The van der Waals surface area contributed by atoms with Crippen molar-refractivity contribution in [3.8, 4) is 0 Å². The zero-order valence-corrected chi connectivity index (χ0v) is 18.0. The van der Waals surface area contributed by atoms with Gasteiger partial charge >= 0.3 is 11.9 Å². The minimum atomic E-state index is -1.10. The predicted molar refractivity (Wildman–Crippen MR) is 132 cm³/mol. The smallest absolute Gasteiger partial charge is 0.337 e. The van der Waals surface area contributed by atoms with Crippen molar-refractivity contribution in [1.82, 2.24) is 9.97 Å². The van der Waals surface area contributed by atoms with Crippen molar-refractivity contribution in [2.24, 2.45) is 10.2 Å². The van der Waals surface area contributed by atoms with Gasteiger partial charge in [0, 0.05) is 17.0 Å². The number of aromatic amines is 1. The molecule has 174 valence electrons. The van der Waals surface area contributed by atoms with Crippen LogP contribution < -0.4 is 16.4 Å². The first-order valence-corrected chi connectivity index (χ1v) is 10.2. The third-order valence-electron chi connectivity index (χ3n) is 4.84. The minimum Gasteiger partial charge on any atom is -0.478 e. The topological polar surface area (TPSA) is 169 Å². The van der Waals surface area contributed by atoms with E-state index in [9.17, 15) is 24.6 Å². The van der Waals surface area contributed by atoms with Gasteiger partial charge in [-0.05, 0) is 36.4 Å². The highest BCUT2D eigenvalue weighted by atomic mass is 16.4. The molecular formula is C24H18N6O5. The summed E-state index contributed by atoms with van der Waals surface area (Å²) in [5, 5.41) is 27.4. The minimum absolute atomic E-state index is 0.0565. The lowest BCUT2D eigenvalue weighted by molar-refractivity contribution is 0.0687. The van der Waals surface area contributed by atoms with E-state index in [-0.39, 0.29) is 16.7 Å². The number of anilines is 2. The van der Waals surface area contributed by atoms with Gasteiger partial charge in [-0.2, -0.15) is 10.2 Å². The zero-order chi connectivity index (χ0) is 24.8. The van der Waals surface area contributed by atoms with E-state index in [1.807, 2.05) is 0 Å². The van der Waals surface area contributed by atoms with E-state index < -0.39 is 11.9 Å². The van der Waals surface area contributed by atoms with Crippen molar-refractivity contribution in [3.63, 3.8) is 0 Å². The quantitative estimate of drug-likeness (QED) is 0.193. The number of carbonyl (C=O) groups is 2. The third-order valence-corrected chi connectivity index (χ3v) is 4.84. The lowest BCUT2D eigenvalue weighted by Crippen LogP contribution is -2.07. The molecule has 0 fully saturated rings. The van der Waals surface area contributed by atoms with Gasteiger partial charge in [-0.25, -0.2) is 14.6 Å². The number of rotatable bonds is 8. The number of hydrogen-bond donors (Lipinski definition) is 5. The Morgan fingerprint density at radius 2 is 1.40 bits per heavy atom. The molecule has 4 rings (SSSR count). The summed E-state index contributed by atoms with van der Waals surface area (Å²) in [5.41, 5.74) is 6.99. The van der Waals surface area contributed by atoms with E-state index in [0.717, 1.165) is 0 Å². The van der Waals surface area contributed by atoms with Crippen LogP contribution in [0.25, 0.3) is 11.0 Å². The highest BCUT2D eigenvalue weighted by molar-refractivity contribution is 6.00. The Hall–Kier alpha value is -5.32. The molecule has 11 heteroatoms. The number of aromatic nitrogens is 2.